The first kappa shape index (κ1) is 7.73. The summed E-state index contributed by atoms with van der Waals surface area (Å²) in [5, 5.41) is 16.8. The van der Waals surface area contributed by atoms with Crippen molar-refractivity contribution in [1.82, 2.24) is 4.98 Å². The first-order chi connectivity index (χ1) is 5.29. The van der Waals surface area contributed by atoms with Crippen LogP contribution in [0, 0.1) is 11.8 Å². The first-order valence-electron chi connectivity index (χ1n) is 3.07. The summed E-state index contributed by atoms with van der Waals surface area (Å²) in [4.78, 5) is 3.78. The van der Waals surface area contributed by atoms with E-state index in [4.69, 9.17) is 10.2 Å². The molecule has 0 fully saturated rings. The normalized spacial score (nSPS) is 9.00. The SMILES string of the molecule is OC(O)C#Cc1ccncc1. The Morgan fingerprint density at radius 3 is 2.45 bits per heavy atom. The molecule has 0 spiro atoms. The number of hydrogen-bond acceptors (Lipinski definition) is 3. The molecular weight excluding hydrogens is 142 g/mol. The smallest absolute Gasteiger partial charge is 0.217 e. The van der Waals surface area contributed by atoms with Gasteiger partial charge in [-0.15, -0.1) is 0 Å². The summed E-state index contributed by atoms with van der Waals surface area (Å²) in [5.74, 6) is 4.75. The van der Waals surface area contributed by atoms with Gasteiger partial charge >= 0.3 is 0 Å². The van der Waals surface area contributed by atoms with Crippen molar-refractivity contribution in [2.24, 2.45) is 0 Å². The monoisotopic (exact) mass is 149 g/mol. The quantitative estimate of drug-likeness (QED) is 0.395. The lowest BCUT2D eigenvalue weighted by Crippen LogP contribution is -1.98. The molecule has 0 aliphatic rings. The average Bonchev–Trinajstić information content (AvgIpc) is 2.03. The Bertz CT molecular complexity index is 271. The van der Waals surface area contributed by atoms with Crippen LogP contribution in [-0.4, -0.2) is 21.5 Å². The largest absolute Gasteiger partial charge is 0.358 e. The molecule has 0 saturated carbocycles. The second-order valence-corrected chi connectivity index (χ2v) is 1.88. The van der Waals surface area contributed by atoms with Crippen molar-refractivity contribution in [2.75, 3.05) is 0 Å². The zero-order valence-corrected chi connectivity index (χ0v) is 5.73. The highest BCUT2D eigenvalue weighted by Gasteiger charge is 1.85. The maximum Gasteiger partial charge on any atom is 0.217 e. The Hall–Kier alpha value is -1.37. The van der Waals surface area contributed by atoms with Crippen molar-refractivity contribution in [1.29, 1.82) is 0 Å². The molecule has 1 aromatic rings. The van der Waals surface area contributed by atoms with Crippen LogP contribution in [0.3, 0.4) is 0 Å². The van der Waals surface area contributed by atoms with E-state index >= 15 is 0 Å². The number of pyridine rings is 1. The molecule has 1 heterocycles. The fourth-order valence-corrected chi connectivity index (χ4v) is 0.583. The summed E-state index contributed by atoms with van der Waals surface area (Å²) in [5.41, 5.74) is 0.716. The molecule has 0 aliphatic heterocycles. The van der Waals surface area contributed by atoms with Crippen molar-refractivity contribution in [3.8, 4) is 11.8 Å². The lowest BCUT2D eigenvalue weighted by molar-refractivity contribution is 0.0108. The zero-order chi connectivity index (χ0) is 8.10. The third-order valence-corrected chi connectivity index (χ3v) is 1.03. The molecule has 11 heavy (non-hydrogen) atoms. The van der Waals surface area contributed by atoms with Gasteiger partial charge in [-0.05, 0) is 18.1 Å². The minimum atomic E-state index is -1.57. The van der Waals surface area contributed by atoms with Crippen LogP contribution in [0.1, 0.15) is 5.56 Å². The Kier molecular flexibility index (Phi) is 2.61. The number of aliphatic hydroxyl groups is 2. The highest BCUT2D eigenvalue weighted by molar-refractivity contribution is 5.32. The molecule has 0 amide bonds. The topological polar surface area (TPSA) is 53.4 Å². The Balaban J connectivity index is 2.75. The summed E-state index contributed by atoms with van der Waals surface area (Å²) < 4.78 is 0. The van der Waals surface area contributed by atoms with Crippen molar-refractivity contribution >= 4 is 0 Å². The van der Waals surface area contributed by atoms with Gasteiger partial charge in [-0.2, -0.15) is 0 Å². The van der Waals surface area contributed by atoms with Gasteiger partial charge in [-0.1, -0.05) is 5.92 Å². The van der Waals surface area contributed by atoms with E-state index in [1.54, 1.807) is 24.5 Å². The van der Waals surface area contributed by atoms with E-state index in [2.05, 4.69) is 16.8 Å². The van der Waals surface area contributed by atoms with Crippen molar-refractivity contribution < 1.29 is 10.2 Å². The van der Waals surface area contributed by atoms with E-state index in [0.717, 1.165) is 0 Å². The Labute approximate surface area is 64.3 Å². The van der Waals surface area contributed by atoms with E-state index in [0.29, 0.717) is 5.56 Å². The fourth-order valence-electron chi connectivity index (χ4n) is 0.583. The van der Waals surface area contributed by atoms with Crippen molar-refractivity contribution in [3.05, 3.63) is 30.1 Å². The van der Waals surface area contributed by atoms with Gasteiger partial charge in [0.2, 0.25) is 6.29 Å². The van der Waals surface area contributed by atoms with Crippen LogP contribution in [0.2, 0.25) is 0 Å². The third kappa shape index (κ3) is 2.80. The number of aliphatic hydroxyl groups excluding tert-OH is 1. The molecule has 0 saturated heterocycles. The second-order valence-electron chi connectivity index (χ2n) is 1.88. The molecule has 1 rings (SSSR count). The minimum absolute atomic E-state index is 0.716. The molecule has 3 heteroatoms. The third-order valence-electron chi connectivity index (χ3n) is 1.03. The van der Waals surface area contributed by atoms with Crippen LogP contribution in [0.15, 0.2) is 24.5 Å². The van der Waals surface area contributed by atoms with Gasteiger partial charge in [0.1, 0.15) is 0 Å². The molecule has 0 bridgehead atoms. The highest BCUT2D eigenvalue weighted by Crippen LogP contribution is 1.91. The summed E-state index contributed by atoms with van der Waals surface area (Å²) in [7, 11) is 0. The van der Waals surface area contributed by atoms with E-state index in [1.807, 2.05) is 0 Å². The summed E-state index contributed by atoms with van der Waals surface area (Å²) in [6.07, 6.45) is 1.62. The maximum atomic E-state index is 8.38. The Morgan fingerprint density at radius 1 is 1.27 bits per heavy atom. The van der Waals surface area contributed by atoms with E-state index in [-0.39, 0.29) is 0 Å². The van der Waals surface area contributed by atoms with Gasteiger partial charge in [0.15, 0.2) is 0 Å². The van der Waals surface area contributed by atoms with Crippen molar-refractivity contribution in [2.45, 2.75) is 6.29 Å². The maximum absolute atomic E-state index is 8.38. The van der Waals surface area contributed by atoms with Crippen LogP contribution in [0.25, 0.3) is 0 Å². The van der Waals surface area contributed by atoms with Crippen molar-refractivity contribution in [3.63, 3.8) is 0 Å². The molecule has 0 aromatic carbocycles. The molecule has 56 valence electrons. The molecule has 3 nitrogen and oxygen atoms in total. The minimum Gasteiger partial charge on any atom is -0.358 e. The standard InChI is InChI=1S/C8H7NO2/c10-8(11)2-1-7-3-5-9-6-4-7/h3-6,8,10-11H. The van der Waals surface area contributed by atoms with Gasteiger partial charge in [0.25, 0.3) is 0 Å². The first-order valence-corrected chi connectivity index (χ1v) is 3.07. The van der Waals surface area contributed by atoms with Gasteiger partial charge in [0.05, 0.1) is 0 Å². The average molecular weight is 149 g/mol. The van der Waals surface area contributed by atoms with Gasteiger partial charge in [-0.3, -0.25) is 4.98 Å². The summed E-state index contributed by atoms with van der Waals surface area (Å²) in [6.45, 7) is 0. The molecule has 0 unspecified atom stereocenters. The molecule has 0 radical (unpaired) electrons. The van der Waals surface area contributed by atoms with E-state index in [9.17, 15) is 0 Å². The van der Waals surface area contributed by atoms with Crippen LogP contribution in [-0.2, 0) is 0 Å². The lowest BCUT2D eigenvalue weighted by atomic mass is 10.3. The predicted octanol–water partition coefficient (Wildman–Crippen LogP) is -0.256. The van der Waals surface area contributed by atoms with E-state index in [1.165, 1.54) is 0 Å². The van der Waals surface area contributed by atoms with Crippen LogP contribution >= 0.6 is 0 Å². The Morgan fingerprint density at radius 2 is 1.91 bits per heavy atom. The van der Waals surface area contributed by atoms with Gasteiger partial charge in [-0.25, -0.2) is 0 Å². The summed E-state index contributed by atoms with van der Waals surface area (Å²) in [6, 6.07) is 3.38. The lowest BCUT2D eigenvalue weighted by Gasteiger charge is -1.88. The number of nitrogens with zero attached hydrogens (tertiary/aromatic N) is 1. The number of aromatic nitrogens is 1. The van der Waals surface area contributed by atoms with Crippen LogP contribution in [0.5, 0.6) is 0 Å². The van der Waals surface area contributed by atoms with Crippen LogP contribution in [0.4, 0.5) is 0 Å². The second kappa shape index (κ2) is 3.71. The number of hydrogen-bond donors (Lipinski definition) is 2. The van der Waals surface area contributed by atoms with E-state index < -0.39 is 6.29 Å². The number of rotatable bonds is 0. The molecule has 0 aliphatic carbocycles. The highest BCUT2D eigenvalue weighted by atomic mass is 16.5. The molecule has 2 N–H and O–H groups in total. The fraction of sp³-hybridized carbons (Fsp3) is 0.125. The van der Waals surface area contributed by atoms with Gasteiger partial charge in [0, 0.05) is 18.0 Å². The zero-order valence-electron chi connectivity index (χ0n) is 5.73. The predicted molar refractivity (Wildman–Crippen MR) is 39.3 cm³/mol. The molecule has 1 aromatic heterocycles. The summed E-state index contributed by atoms with van der Waals surface area (Å²) >= 11 is 0. The van der Waals surface area contributed by atoms with Crippen LogP contribution < -0.4 is 0 Å². The van der Waals surface area contributed by atoms with Gasteiger partial charge < -0.3 is 10.2 Å². The molecule has 0 atom stereocenters. The molecular formula is C8H7NO2.